The summed E-state index contributed by atoms with van der Waals surface area (Å²) in [5.41, 5.74) is 4.79. The highest BCUT2D eigenvalue weighted by molar-refractivity contribution is 6.11. The van der Waals surface area contributed by atoms with Gasteiger partial charge in [-0.15, -0.1) is 0 Å². The average molecular weight is 791 g/mol. The Morgan fingerprint density at radius 2 is 0.932 bits per heavy atom. The molecule has 0 aliphatic heterocycles. The van der Waals surface area contributed by atoms with E-state index in [-0.39, 0.29) is 23.0 Å². The number of aryl methyl sites for hydroxylation is 2. The molecule has 0 N–H and O–H groups in total. The zero-order valence-corrected chi connectivity index (χ0v) is 31.6. The molecule has 0 atom stereocenters. The first-order valence-electron chi connectivity index (χ1n) is 18.7. The van der Waals surface area contributed by atoms with Crippen LogP contribution in [-0.4, -0.2) is 19.5 Å². The molecule has 0 aliphatic carbocycles. The molecule has 9 aromatic rings. The standard InChI is InChI=1S/C49H32F6N4/c1-29-17-20-38(30(2)23-29)33-18-22-41-40-15-9-10-16-42(40)59(44(41)26-33)43-27-34(19-21-39(43)35-24-36(48(50,51)52)28-37(25-35)49(53,54)55)47-57-45(31-11-5-3-6-12-31)56-46(58-47)32-13-7-4-8-14-32/h3-28H,1-2H3. The molecule has 10 heteroatoms. The zero-order valence-electron chi connectivity index (χ0n) is 31.6. The van der Waals surface area contributed by atoms with Crippen molar-refractivity contribution in [1.29, 1.82) is 0 Å². The lowest BCUT2D eigenvalue weighted by Crippen LogP contribution is -2.11. The Kier molecular flexibility index (Phi) is 9.15. The number of fused-ring (bicyclic) bond motifs is 3. The summed E-state index contributed by atoms with van der Waals surface area (Å²) in [5.74, 6) is 1.05. The Hall–Kier alpha value is -7.07. The van der Waals surface area contributed by atoms with E-state index in [0.29, 0.717) is 33.9 Å². The van der Waals surface area contributed by atoms with Gasteiger partial charge in [0, 0.05) is 33.0 Å². The first-order chi connectivity index (χ1) is 28.3. The van der Waals surface area contributed by atoms with Crippen LogP contribution in [-0.2, 0) is 12.4 Å². The van der Waals surface area contributed by atoms with Crippen molar-refractivity contribution in [2.45, 2.75) is 26.2 Å². The van der Waals surface area contributed by atoms with Gasteiger partial charge < -0.3 is 4.57 Å². The molecular formula is C49H32F6N4. The zero-order chi connectivity index (χ0) is 41.1. The Labute approximate surface area is 335 Å². The van der Waals surface area contributed by atoms with Crippen LogP contribution in [0.5, 0.6) is 0 Å². The van der Waals surface area contributed by atoms with Gasteiger partial charge in [-0.25, -0.2) is 15.0 Å². The van der Waals surface area contributed by atoms with E-state index in [1.807, 2.05) is 134 Å². The van der Waals surface area contributed by atoms with Gasteiger partial charge in [-0.05, 0) is 72.5 Å². The molecule has 2 aromatic heterocycles. The summed E-state index contributed by atoms with van der Waals surface area (Å²) < 4.78 is 88.0. The molecule has 0 unspecified atom stereocenters. The van der Waals surface area contributed by atoms with Crippen LogP contribution in [0.4, 0.5) is 26.3 Å². The van der Waals surface area contributed by atoms with Crippen LogP contribution >= 0.6 is 0 Å². The molecular weight excluding hydrogens is 759 g/mol. The molecule has 0 radical (unpaired) electrons. The van der Waals surface area contributed by atoms with Crippen LogP contribution < -0.4 is 0 Å². The summed E-state index contributed by atoms with van der Waals surface area (Å²) in [6.07, 6.45) is -10.1. The van der Waals surface area contributed by atoms with Gasteiger partial charge in [-0.1, -0.05) is 127 Å². The second-order valence-electron chi connectivity index (χ2n) is 14.5. The van der Waals surface area contributed by atoms with Gasteiger partial charge in [-0.2, -0.15) is 26.3 Å². The van der Waals surface area contributed by atoms with Crippen LogP contribution in [0, 0.1) is 13.8 Å². The van der Waals surface area contributed by atoms with Gasteiger partial charge in [0.25, 0.3) is 0 Å². The monoisotopic (exact) mass is 790 g/mol. The predicted octanol–water partition coefficient (Wildman–Crippen LogP) is 14.0. The highest BCUT2D eigenvalue weighted by atomic mass is 19.4. The van der Waals surface area contributed by atoms with E-state index in [9.17, 15) is 26.3 Å². The number of rotatable bonds is 6. The Morgan fingerprint density at radius 3 is 1.53 bits per heavy atom. The SMILES string of the molecule is Cc1ccc(-c2ccc3c4ccccc4n(-c4cc(-c5nc(-c6ccccc6)nc(-c6ccccc6)n5)ccc4-c4cc(C(F)(F)F)cc(C(F)(F)F)c4)c3c2)c(C)c1. The number of para-hydroxylation sites is 1. The number of alkyl halides is 6. The van der Waals surface area contributed by atoms with E-state index >= 15 is 0 Å². The van der Waals surface area contributed by atoms with E-state index in [0.717, 1.165) is 56.3 Å². The predicted molar refractivity (Wildman–Crippen MR) is 221 cm³/mol. The summed E-state index contributed by atoms with van der Waals surface area (Å²) in [4.78, 5) is 14.6. The minimum Gasteiger partial charge on any atom is -0.309 e. The molecule has 0 bridgehead atoms. The molecule has 4 nitrogen and oxygen atoms in total. The molecule has 2 heterocycles. The summed E-state index contributed by atoms with van der Waals surface area (Å²) >= 11 is 0. The normalized spacial score (nSPS) is 12.1. The number of aromatic nitrogens is 4. The van der Waals surface area contributed by atoms with Gasteiger partial charge in [0.1, 0.15) is 0 Å². The van der Waals surface area contributed by atoms with Crippen LogP contribution in [0.15, 0.2) is 158 Å². The minimum atomic E-state index is -5.05. The van der Waals surface area contributed by atoms with Crippen molar-refractivity contribution in [3.8, 4) is 62.1 Å². The van der Waals surface area contributed by atoms with E-state index in [1.54, 1.807) is 18.2 Å². The molecule has 0 amide bonds. The summed E-state index contributed by atoms with van der Waals surface area (Å²) in [7, 11) is 0. The Morgan fingerprint density at radius 1 is 0.407 bits per heavy atom. The van der Waals surface area contributed by atoms with Crippen LogP contribution in [0.25, 0.3) is 83.9 Å². The van der Waals surface area contributed by atoms with Crippen molar-refractivity contribution in [2.75, 3.05) is 0 Å². The van der Waals surface area contributed by atoms with Gasteiger partial charge in [0.15, 0.2) is 17.5 Å². The number of hydrogen-bond acceptors (Lipinski definition) is 3. The molecule has 0 saturated heterocycles. The Balaban J connectivity index is 1.37. The van der Waals surface area contributed by atoms with Crippen molar-refractivity contribution >= 4 is 21.8 Å². The smallest absolute Gasteiger partial charge is 0.309 e. The average Bonchev–Trinajstić information content (AvgIpc) is 3.56. The fourth-order valence-corrected chi connectivity index (χ4v) is 7.68. The summed E-state index contributed by atoms with van der Waals surface area (Å²) in [6, 6.07) is 45.1. The second-order valence-corrected chi connectivity index (χ2v) is 14.5. The fraction of sp³-hybridized carbons (Fsp3) is 0.0816. The van der Waals surface area contributed by atoms with Crippen molar-refractivity contribution in [3.63, 3.8) is 0 Å². The van der Waals surface area contributed by atoms with E-state index in [2.05, 4.69) is 6.07 Å². The molecule has 7 aromatic carbocycles. The molecule has 0 fully saturated rings. The lowest BCUT2D eigenvalue weighted by atomic mass is 9.96. The summed E-state index contributed by atoms with van der Waals surface area (Å²) in [5, 5.41) is 1.70. The number of benzene rings is 7. The second kappa shape index (κ2) is 14.4. The topological polar surface area (TPSA) is 43.6 Å². The lowest BCUT2D eigenvalue weighted by Gasteiger charge is -2.19. The van der Waals surface area contributed by atoms with Crippen molar-refractivity contribution < 1.29 is 26.3 Å². The fourth-order valence-electron chi connectivity index (χ4n) is 7.68. The number of halogens is 6. The molecule has 0 spiro atoms. The maximum Gasteiger partial charge on any atom is 0.416 e. The highest BCUT2D eigenvalue weighted by Crippen LogP contribution is 2.43. The maximum absolute atomic E-state index is 14.4. The number of nitrogens with zero attached hydrogens (tertiary/aromatic N) is 4. The van der Waals surface area contributed by atoms with Gasteiger partial charge in [0.05, 0.1) is 27.8 Å². The molecule has 59 heavy (non-hydrogen) atoms. The third-order valence-electron chi connectivity index (χ3n) is 10.5. The minimum absolute atomic E-state index is 0.144. The summed E-state index contributed by atoms with van der Waals surface area (Å²) in [6.45, 7) is 4.04. The first kappa shape index (κ1) is 37.5. The van der Waals surface area contributed by atoms with Crippen molar-refractivity contribution in [1.82, 2.24) is 19.5 Å². The van der Waals surface area contributed by atoms with Crippen LogP contribution in [0.2, 0.25) is 0 Å². The largest absolute Gasteiger partial charge is 0.416 e. The quantitative estimate of drug-likeness (QED) is 0.158. The van der Waals surface area contributed by atoms with Gasteiger partial charge >= 0.3 is 12.4 Å². The molecule has 290 valence electrons. The molecule has 0 aliphatic rings. The van der Waals surface area contributed by atoms with Crippen LogP contribution in [0.3, 0.4) is 0 Å². The van der Waals surface area contributed by atoms with Crippen LogP contribution in [0.1, 0.15) is 22.3 Å². The maximum atomic E-state index is 14.4. The third kappa shape index (κ3) is 7.11. The van der Waals surface area contributed by atoms with E-state index < -0.39 is 23.5 Å². The molecule has 0 saturated carbocycles. The lowest BCUT2D eigenvalue weighted by molar-refractivity contribution is -0.143. The van der Waals surface area contributed by atoms with Gasteiger partial charge in [-0.3, -0.25) is 0 Å². The van der Waals surface area contributed by atoms with E-state index in [1.165, 1.54) is 0 Å². The number of hydrogen-bond donors (Lipinski definition) is 0. The highest BCUT2D eigenvalue weighted by Gasteiger charge is 2.37. The van der Waals surface area contributed by atoms with E-state index in [4.69, 9.17) is 15.0 Å². The third-order valence-corrected chi connectivity index (χ3v) is 10.5. The van der Waals surface area contributed by atoms with Crippen molar-refractivity contribution in [2.24, 2.45) is 0 Å². The van der Waals surface area contributed by atoms with Crippen molar-refractivity contribution in [3.05, 3.63) is 180 Å². The van der Waals surface area contributed by atoms with Gasteiger partial charge in [0.2, 0.25) is 0 Å². The Bertz CT molecular complexity index is 2950. The first-order valence-corrected chi connectivity index (χ1v) is 18.7. The molecule has 9 rings (SSSR count).